The lowest BCUT2D eigenvalue weighted by molar-refractivity contribution is 0.633. The molecule has 0 N–H and O–H groups in total. The summed E-state index contributed by atoms with van der Waals surface area (Å²) in [7, 11) is 0. The molecule has 1 heterocycles. The van der Waals surface area contributed by atoms with E-state index in [-0.39, 0.29) is 5.69 Å². The van der Waals surface area contributed by atoms with E-state index in [0.29, 0.717) is 0 Å². The highest BCUT2D eigenvalue weighted by Crippen LogP contribution is 1.94. The van der Waals surface area contributed by atoms with Gasteiger partial charge in [0.2, 0.25) is 0 Å². The van der Waals surface area contributed by atoms with E-state index in [1.54, 1.807) is 10.8 Å². The molecular weight excluding hydrogens is 255 g/mol. The van der Waals surface area contributed by atoms with Crippen LogP contribution in [0.4, 0.5) is 0 Å². The Morgan fingerprint density at radius 1 is 1.73 bits per heavy atom. The maximum atomic E-state index is 11.1. The first kappa shape index (κ1) is 8.70. The minimum absolute atomic E-state index is 0.154. The Bertz CT molecular complexity index is 295. The Morgan fingerprint density at radius 2 is 2.45 bits per heavy atom. The maximum Gasteiger partial charge on any atom is 0.348 e. The fourth-order valence-corrected chi connectivity index (χ4v) is 1.19. The molecule has 11 heavy (non-hydrogen) atoms. The van der Waals surface area contributed by atoms with Crippen LogP contribution in [0.2, 0.25) is 0 Å². The summed E-state index contributed by atoms with van der Waals surface area (Å²) in [6.45, 7) is 2.78. The van der Waals surface area contributed by atoms with Gasteiger partial charge < -0.3 is 0 Å². The molecule has 0 aliphatic rings. The first-order chi connectivity index (χ1) is 5.24. The van der Waals surface area contributed by atoms with Gasteiger partial charge in [-0.05, 0) is 35.1 Å². The SMILES string of the molecule is CCCn1ccc(I)nc1=O. The van der Waals surface area contributed by atoms with Crippen molar-refractivity contribution in [3.8, 4) is 0 Å². The second-order valence-electron chi connectivity index (χ2n) is 2.23. The summed E-state index contributed by atoms with van der Waals surface area (Å²) in [5.41, 5.74) is -0.154. The van der Waals surface area contributed by atoms with Gasteiger partial charge in [0.15, 0.2) is 0 Å². The molecule has 0 radical (unpaired) electrons. The first-order valence-corrected chi connectivity index (χ1v) is 4.55. The Balaban J connectivity index is 3.00. The monoisotopic (exact) mass is 264 g/mol. The van der Waals surface area contributed by atoms with E-state index in [0.717, 1.165) is 16.7 Å². The zero-order chi connectivity index (χ0) is 8.27. The summed E-state index contributed by atoms with van der Waals surface area (Å²) < 4.78 is 2.36. The van der Waals surface area contributed by atoms with E-state index in [4.69, 9.17) is 0 Å². The largest absolute Gasteiger partial charge is 0.348 e. The van der Waals surface area contributed by atoms with Crippen LogP contribution in [0.3, 0.4) is 0 Å². The average molecular weight is 264 g/mol. The van der Waals surface area contributed by atoms with Crippen LogP contribution < -0.4 is 5.69 Å². The topological polar surface area (TPSA) is 34.9 Å². The molecule has 3 nitrogen and oxygen atoms in total. The smallest absolute Gasteiger partial charge is 0.299 e. The number of rotatable bonds is 2. The third kappa shape index (κ3) is 2.28. The van der Waals surface area contributed by atoms with Crippen molar-refractivity contribution in [3.05, 3.63) is 26.4 Å². The van der Waals surface area contributed by atoms with Crippen molar-refractivity contribution in [2.75, 3.05) is 0 Å². The van der Waals surface area contributed by atoms with Crippen LogP contribution >= 0.6 is 22.6 Å². The van der Waals surface area contributed by atoms with Crippen LogP contribution in [0, 0.1) is 3.70 Å². The third-order valence-corrected chi connectivity index (χ3v) is 1.91. The fraction of sp³-hybridized carbons (Fsp3) is 0.429. The second kappa shape index (κ2) is 3.85. The molecule has 0 spiro atoms. The lowest BCUT2D eigenvalue weighted by atomic mass is 10.5. The van der Waals surface area contributed by atoms with Gasteiger partial charge >= 0.3 is 5.69 Å². The number of hydrogen-bond acceptors (Lipinski definition) is 2. The maximum absolute atomic E-state index is 11.1. The van der Waals surface area contributed by atoms with Gasteiger partial charge in [0, 0.05) is 12.7 Å². The van der Waals surface area contributed by atoms with Crippen molar-refractivity contribution in [2.45, 2.75) is 19.9 Å². The van der Waals surface area contributed by atoms with Crippen LogP contribution in [-0.4, -0.2) is 9.55 Å². The number of halogens is 1. The van der Waals surface area contributed by atoms with E-state index >= 15 is 0 Å². The van der Waals surface area contributed by atoms with E-state index < -0.39 is 0 Å². The predicted molar refractivity (Wildman–Crippen MR) is 51.5 cm³/mol. The molecule has 0 aliphatic carbocycles. The van der Waals surface area contributed by atoms with E-state index in [9.17, 15) is 4.79 Å². The van der Waals surface area contributed by atoms with Crippen molar-refractivity contribution in [3.63, 3.8) is 0 Å². The van der Waals surface area contributed by atoms with Crippen molar-refractivity contribution in [2.24, 2.45) is 0 Å². The van der Waals surface area contributed by atoms with Gasteiger partial charge in [-0.1, -0.05) is 6.92 Å². The summed E-state index contributed by atoms with van der Waals surface area (Å²) in [4.78, 5) is 14.9. The number of nitrogens with zero attached hydrogens (tertiary/aromatic N) is 2. The average Bonchev–Trinajstić information content (AvgIpc) is 1.95. The van der Waals surface area contributed by atoms with Crippen LogP contribution in [0.15, 0.2) is 17.1 Å². The number of hydrogen-bond donors (Lipinski definition) is 0. The van der Waals surface area contributed by atoms with Crippen molar-refractivity contribution in [1.82, 2.24) is 9.55 Å². The van der Waals surface area contributed by atoms with Crippen LogP contribution in [0.5, 0.6) is 0 Å². The molecule has 0 amide bonds. The van der Waals surface area contributed by atoms with Crippen molar-refractivity contribution < 1.29 is 0 Å². The molecule has 1 aromatic heterocycles. The molecule has 0 bridgehead atoms. The molecule has 0 fully saturated rings. The Morgan fingerprint density at radius 3 is 3.00 bits per heavy atom. The summed E-state index contributed by atoms with van der Waals surface area (Å²) in [6, 6.07) is 1.83. The Kier molecular flexibility index (Phi) is 3.04. The van der Waals surface area contributed by atoms with E-state index in [1.807, 2.05) is 35.6 Å². The second-order valence-corrected chi connectivity index (χ2v) is 3.33. The predicted octanol–water partition coefficient (Wildman–Crippen LogP) is 1.26. The molecule has 0 aromatic carbocycles. The molecule has 0 aliphatic heterocycles. The molecule has 0 atom stereocenters. The highest BCUT2D eigenvalue weighted by Gasteiger charge is 1.94. The summed E-state index contributed by atoms with van der Waals surface area (Å²) in [5, 5.41) is 0. The summed E-state index contributed by atoms with van der Waals surface area (Å²) >= 11 is 2.03. The van der Waals surface area contributed by atoms with Gasteiger partial charge in [-0.15, -0.1) is 0 Å². The zero-order valence-corrected chi connectivity index (χ0v) is 8.41. The van der Waals surface area contributed by atoms with Gasteiger partial charge in [0.1, 0.15) is 3.70 Å². The van der Waals surface area contributed by atoms with Crippen LogP contribution in [0.25, 0.3) is 0 Å². The number of aryl methyl sites for hydroxylation is 1. The Labute approximate surface area is 78.6 Å². The molecular formula is C7H9IN2O. The minimum Gasteiger partial charge on any atom is -0.299 e. The molecule has 0 saturated heterocycles. The zero-order valence-electron chi connectivity index (χ0n) is 6.25. The molecule has 4 heteroatoms. The molecule has 60 valence electrons. The summed E-state index contributed by atoms with van der Waals surface area (Å²) in [5.74, 6) is 0. The van der Waals surface area contributed by atoms with E-state index in [1.165, 1.54) is 0 Å². The van der Waals surface area contributed by atoms with Gasteiger partial charge in [-0.3, -0.25) is 4.57 Å². The van der Waals surface area contributed by atoms with Gasteiger partial charge in [0.25, 0.3) is 0 Å². The third-order valence-electron chi connectivity index (χ3n) is 1.30. The van der Waals surface area contributed by atoms with Gasteiger partial charge in [0.05, 0.1) is 0 Å². The quantitative estimate of drug-likeness (QED) is 0.595. The lowest BCUT2D eigenvalue weighted by Crippen LogP contribution is -2.22. The van der Waals surface area contributed by atoms with Crippen LogP contribution in [0.1, 0.15) is 13.3 Å². The normalized spacial score (nSPS) is 10.0. The van der Waals surface area contributed by atoms with Crippen molar-refractivity contribution >= 4 is 22.6 Å². The molecule has 0 saturated carbocycles. The fourth-order valence-electron chi connectivity index (χ4n) is 0.819. The highest BCUT2D eigenvalue weighted by atomic mass is 127. The lowest BCUT2D eigenvalue weighted by Gasteiger charge is -2.00. The standard InChI is InChI=1S/C7H9IN2O/c1-2-4-10-5-3-6(8)9-7(10)11/h3,5H,2,4H2,1H3. The molecule has 0 unspecified atom stereocenters. The molecule has 1 rings (SSSR count). The van der Waals surface area contributed by atoms with Crippen LogP contribution in [-0.2, 0) is 6.54 Å². The first-order valence-electron chi connectivity index (χ1n) is 3.47. The molecule has 1 aromatic rings. The van der Waals surface area contributed by atoms with E-state index in [2.05, 4.69) is 4.98 Å². The van der Waals surface area contributed by atoms with Gasteiger partial charge in [-0.25, -0.2) is 4.79 Å². The van der Waals surface area contributed by atoms with Gasteiger partial charge in [-0.2, -0.15) is 4.98 Å². The summed E-state index contributed by atoms with van der Waals surface area (Å²) in [6.07, 6.45) is 2.74. The highest BCUT2D eigenvalue weighted by molar-refractivity contribution is 14.1. The number of aromatic nitrogens is 2. The Hall–Kier alpha value is -0.390. The van der Waals surface area contributed by atoms with Crippen molar-refractivity contribution in [1.29, 1.82) is 0 Å². The minimum atomic E-state index is -0.154.